The fraction of sp³-hybridized carbons (Fsp3) is 0.375. The Labute approximate surface area is 74.1 Å². The molecule has 1 aromatic rings. The fourth-order valence-corrected chi connectivity index (χ4v) is 2.06. The average molecular weight is 213 g/mol. The molecule has 0 aromatic carbocycles. The molecular weight excluding hydrogens is 204 g/mol. The zero-order valence-corrected chi connectivity index (χ0v) is 7.71. The molecule has 1 aliphatic rings. The van der Waals surface area contributed by atoms with E-state index < -0.39 is 0 Å². The zero-order valence-electron chi connectivity index (χ0n) is 6.13. The zero-order chi connectivity index (χ0) is 7.68. The Kier molecular flexibility index (Phi) is 1.82. The Morgan fingerprint density at radius 3 is 2.91 bits per heavy atom. The minimum Gasteiger partial charge on any atom is -0.309 e. The van der Waals surface area contributed by atoms with Crippen molar-refractivity contribution in [1.82, 2.24) is 9.55 Å². The molecule has 0 saturated heterocycles. The van der Waals surface area contributed by atoms with Crippen LogP contribution < -0.4 is 0 Å². The van der Waals surface area contributed by atoms with Gasteiger partial charge >= 0.3 is 0 Å². The van der Waals surface area contributed by atoms with Gasteiger partial charge in [-0.1, -0.05) is 15.9 Å². The third-order valence-electron chi connectivity index (χ3n) is 1.94. The summed E-state index contributed by atoms with van der Waals surface area (Å²) >= 11 is 3.56. The van der Waals surface area contributed by atoms with Crippen LogP contribution in [-0.4, -0.2) is 9.55 Å². The van der Waals surface area contributed by atoms with Crippen molar-refractivity contribution < 1.29 is 0 Å². The van der Waals surface area contributed by atoms with E-state index in [-0.39, 0.29) is 0 Å². The topological polar surface area (TPSA) is 17.8 Å². The summed E-state index contributed by atoms with van der Waals surface area (Å²) in [5, 5.41) is 0. The third-order valence-corrected chi connectivity index (χ3v) is 2.79. The molecule has 1 aliphatic carbocycles. The average Bonchev–Trinajstić information content (AvgIpc) is 2.55. The Morgan fingerprint density at radius 1 is 1.45 bits per heavy atom. The highest BCUT2D eigenvalue weighted by Gasteiger charge is 2.12. The van der Waals surface area contributed by atoms with Crippen molar-refractivity contribution in [3.8, 4) is 0 Å². The van der Waals surface area contributed by atoms with Crippen molar-refractivity contribution in [1.29, 1.82) is 0 Å². The first kappa shape index (κ1) is 7.10. The molecule has 3 heteroatoms. The Morgan fingerprint density at radius 2 is 2.36 bits per heavy atom. The number of imidazole rings is 1. The van der Waals surface area contributed by atoms with Crippen molar-refractivity contribution in [2.45, 2.75) is 19.3 Å². The van der Waals surface area contributed by atoms with E-state index in [1.807, 2.05) is 18.7 Å². The number of hydrogen-bond acceptors (Lipinski definition) is 1. The van der Waals surface area contributed by atoms with E-state index in [1.165, 1.54) is 23.0 Å². The summed E-state index contributed by atoms with van der Waals surface area (Å²) in [6.07, 6.45) is 9.24. The highest BCUT2D eigenvalue weighted by molar-refractivity contribution is 9.11. The first-order valence-corrected chi connectivity index (χ1v) is 4.53. The van der Waals surface area contributed by atoms with Crippen LogP contribution in [0.5, 0.6) is 0 Å². The molecule has 0 aliphatic heterocycles. The molecule has 0 bridgehead atoms. The summed E-state index contributed by atoms with van der Waals surface area (Å²) in [4.78, 5) is 4.01. The number of halogens is 1. The molecule has 2 nitrogen and oxygen atoms in total. The Balaban J connectivity index is 2.36. The molecule has 0 N–H and O–H groups in total. The maximum atomic E-state index is 4.01. The second kappa shape index (κ2) is 2.81. The minimum atomic E-state index is 1.16. The van der Waals surface area contributed by atoms with Crippen LogP contribution in [0.2, 0.25) is 0 Å². The van der Waals surface area contributed by atoms with Crippen LogP contribution in [0.4, 0.5) is 0 Å². The van der Waals surface area contributed by atoms with Gasteiger partial charge < -0.3 is 4.57 Å². The van der Waals surface area contributed by atoms with Crippen molar-refractivity contribution in [2.24, 2.45) is 0 Å². The molecule has 0 amide bonds. The monoisotopic (exact) mass is 212 g/mol. The van der Waals surface area contributed by atoms with Gasteiger partial charge in [0, 0.05) is 22.6 Å². The SMILES string of the molecule is BrC1=C(n2ccnc2)CCC1. The molecule has 0 saturated carbocycles. The summed E-state index contributed by atoms with van der Waals surface area (Å²) in [6.45, 7) is 0. The van der Waals surface area contributed by atoms with Gasteiger partial charge in [0.2, 0.25) is 0 Å². The first-order chi connectivity index (χ1) is 5.38. The predicted molar refractivity (Wildman–Crippen MR) is 48.2 cm³/mol. The summed E-state index contributed by atoms with van der Waals surface area (Å²) in [6, 6.07) is 0. The van der Waals surface area contributed by atoms with Gasteiger partial charge in [0.25, 0.3) is 0 Å². The maximum absolute atomic E-state index is 4.01. The van der Waals surface area contributed by atoms with Gasteiger partial charge in [-0.2, -0.15) is 0 Å². The molecule has 0 atom stereocenters. The van der Waals surface area contributed by atoms with Gasteiger partial charge in [-0.15, -0.1) is 0 Å². The smallest absolute Gasteiger partial charge is 0.0989 e. The minimum absolute atomic E-state index is 1.16. The lowest BCUT2D eigenvalue weighted by molar-refractivity contribution is 0.902. The quantitative estimate of drug-likeness (QED) is 0.701. The van der Waals surface area contributed by atoms with Crippen molar-refractivity contribution in [2.75, 3.05) is 0 Å². The van der Waals surface area contributed by atoms with E-state index in [1.54, 1.807) is 0 Å². The molecule has 0 radical (unpaired) electrons. The Bertz CT molecular complexity index is 274. The molecule has 0 fully saturated rings. The van der Waals surface area contributed by atoms with Crippen LogP contribution in [0.15, 0.2) is 23.2 Å². The third kappa shape index (κ3) is 1.25. The molecule has 58 valence electrons. The number of allylic oxidation sites excluding steroid dienone is 2. The number of aromatic nitrogens is 2. The van der Waals surface area contributed by atoms with Gasteiger partial charge in [0.05, 0.1) is 6.33 Å². The summed E-state index contributed by atoms with van der Waals surface area (Å²) in [5.74, 6) is 0. The predicted octanol–water partition coefficient (Wildman–Crippen LogP) is 2.63. The number of nitrogens with zero attached hydrogens (tertiary/aromatic N) is 2. The van der Waals surface area contributed by atoms with Crippen LogP contribution in [0.25, 0.3) is 5.70 Å². The summed E-state index contributed by atoms with van der Waals surface area (Å²) in [7, 11) is 0. The van der Waals surface area contributed by atoms with E-state index in [2.05, 4.69) is 25.5 Å². The first-order valence-electron chi connectivity index (χ1n) is 3.74. The van der Waals surface area contributed by atoms with E-state index >= 15 is 0 Å². The van der Waals surface area contributed by atoms with Gasteiger partial charge in [0.15, 0.2) is 0 Å². The largest absolute Gasteiger partial charge is 0.309 e. The van der Waals surface area contributed by atoms with Crippen LogP contribution in [-0.2, 0) is 0 Å². The van der Waals surface area contributed by atoms with Gasteiger partial charge in [-0.25, -0.2) is 4.98 Å². The molecule has 2 rings (SSSR count). The fourth-order valence-electron chi connectivity index (χ4n) is 1.38. The lowest BCUT2D eigenvalue weighted by Crippen LogP contribution is -1.90. The maximum Gasteiger partial charge on any atom is 0.0989 e. The lowest BCUT2D eigenvalue weighted by atomic mass is 10.3. The molecule has 11 heavy (non-hydrogen) atoms. The normalized spacial score (nSPS) is 17.9. The Hall–Kier alpha value is -0.570. The molecule has 1 heterocycles. The van der Waals surface area contributed by atoms with Crippen LogP contribution in [0.3, 0.4) is 0 Å². The number of rotatable bonds is 1. The van der Waals surface area contributed by atoms with Crippen LogP contribution >= 0.6 is 15.9 Å². The number of hydrogen-bond donors (Lipinski definition) is 0. The van der Waals surface area contributed by atoms with E-state index in [9.17, 15) is 0 Å². The van der Waals surface area contributed by atoms with Crippen molar-refractivity contribution in [3.63, 3.8) is 0 Å². The highest BCUT2D eigenvalue weighted by Crippen LogP contribution is 2.32. The van der Waals surface area contributed by atoms with Crippen molar-refractivity contribution in [3.05, 3.63) is 23.2 Å². The molecular formula is C8H9BrN2. The van der Waals surface area contributed by atoms with Crippen molar-refractivity contribution >= 4 is 21.6 Å². The highest BCUT2D eigenvalue weighted by atomic mass is 79.9. The second-order valence-corrected chi connectivity index (χ2v) is 3.63. The van der Waals surface area contributed by atoms with E-state index in [0.29, 0.717) is 0 Å². The standard InChI is InChI=1S/C8H9BrN2/c9-7-2-1-3-8(7)11-5-4-10-6-11/h4-6H,1-3H2. The van der Waals surface area contributed by atoms with Gasteiger partial charge in [0.1, 0.15) is 0 Å². The van der Waals surface area contributed by atoms with Gasteiger partial charge in [-0.05, 0) is 19.3 Å². The summed E-state index contributed by atoms with van der Waals surface area (Å²) in [5.41, 5.74) is 1.36. The molecule has 0 spiro atoms. The van der Waals surface area contributed by atoms with Crippen LogP contribution in [0, 0.1) is 0 Å². The van der Waals surface area contributed by atoms with Crippen LogP contribution in [0.1, 0.15) is 19.3 Å². The van der Waals surface area contributed by atoms with E-state index in [4.69, 9.17) is 0 Å². The molecule has 1 aromatic heterocycles. The summed E-state index contributed by atoms with van der Waals surface area (Å²) < 4.78 is 3.41. The van der Waals surface area contributed by atoms with Gasteiger partial charge in [-0.3, -0.25) is 0 Å². The lowest BCUT2D eigenvalue weighted by Gasteiger charge is -2.01. The molecule has 0 unspecified atom stereocenters. The van der Waals surface area contributed by atoms with E-state index in [0.717, 1.165) is 6.42 Å². The second-order valence-electron chi connectivity index (χ2n) is 2.68.